The van der Waals surface area contributed by atoms with Gasteiger partial charge in [0.15, 0.2) is 0 Å². The largest absolute Gasteiger partial charge is 0.304 e. The van der Waals surface area contributed by atoms with Crippen LogP contribution in [0.15, 0.2) is 23.4 Å². The highest BCUT2D eigenvalue weighted by Crippen LogP contribution is 2.17. The van der Waals surface area contributed by atoms with Crippen LogP contribution in [0.3, 0.4) is 0 Å². The summed E-state index contributed by atoms with van der Waals surface area (Å²) in [5, 5.41) is 3.43. The molecule has 0 aliphatic carbocycles. The maximum atomic E-state index is 4.06. The molecule has 74 valence electrons. The van der Waals surface area contributed by atoms with Crippen LogP contribution in [0.25, 0.3) is 0 Å². The molecule has 1 atom stereocenters. The Bertz CT molecular complexity index is 355. The molecule has 1 unspecified atom stereocenters. The summed E-state index contributed by atoms with van der Waals surface area (Å²) in [6, 6.07) is 0.365. The first kappa shape index (κ1) is 9.76. The molecule has 5 heteroatoms. The van der Waals surface area contributed by atoms with Crippen molar-refractivity contribution in [1.29, 1.82) is 0 Å². The first-order chi connectivity index (χ1) is 6.86. The highest BCUT2D eigenvalue weighted by Gasteiger charge is 2.06. The molecule has 0 aromatic carbocycles. The summed E-state index contributed by atoms with van der Waals surface area (Å²) in [7, 11) is 0. The Labute approximate surface area is 90.9 Å². The summed E-state index contributed by atoms with van der Waals surface area (Å²) in [5.74, 6) is 0. The van der Waals surface area contributed by atoms with Crippen LogP contribution in [0.1, 0.15) is 22.7 Å². The van der Waals surface area contributed by atoms with E-state index in [9.17, 15) is 0 Å². The minimum atomic E-state index is 0.365. The van der Waals surface area contributed by atoms with Crippen LogP contribution in [-0.4, -0.2) is 9.97 Å². The van der Waals surface area contributed by atoms with Gasteiger partial charge in [-0.05, 0) is 6.92 Å². The van der Waals surface area contributed by atoms with Gasteiger partial charge in [0.05, 0.1) is 11.0 Å². The van der Waals surface area contributed by atoms with Gasteiger partial charge in [0.1, 0.15) is 0 Å². The van der Waals surface area contributed by atoms with Gasteiger partial charge >= 0.3 is 0 Å². The number of hydrogen-bond donors (Lipinski definition) is 1. The van der Waals surface area contributed by atoms with Crippen molar-refractivity contribution < 1.29 is 0 Å². The van der Waals surface area contributed by atoms with Gasteiger partial charge in [0, 0.05) is 34.7 Å². The standard InChI is InChI=1S/C9H11N3S2/c1-7(9-4-11-6-14-9)12-3-8-2-10-5-13-8/h2,4-7,12H,3H2,1H3. The molecular weight excluding hydrogens is 214 g/mol. The van der Waals surface area contributed by atoms with E-state index in [-0.39, 0.29) is 0 Å². The molecule has 0 saturated heterocycles. The molecule has 1 N–H and O–H groups in total. The molecule has 2 rings (SSSR count). The quantitative estimate of drug-likeness (QED) is 0.868. The van der Waals surface area contributed by atoms with Crippen molar-refractivity contribution in [3.63, 3.8) is 0 Å². The number of rotatable bonds is 4. The van der Waals surface area contributed by atoms with Crippen LogP contribution < -0.4 is 5.32 Å². The minimum absolute atomic E-state index is 0.365. The van der Waals surface area contributed by atoms with Crippen molar-refractivity contribution in [2.75, 3.05) is 0 Å². The van der Waals surface area contributed by atoms with Crippen LogP contribution in [0.2, 0.25) is 0 Å². The molecule has 2 aromatic heterocycles. The van der Waals surface area contributed by atoms with Gasteiger partial charge in [-0.25, -0.2) is 0 Å². The number of nitrogens with one attached hydrogen (secondary N) is 1. The third-order valence-corrected chi connectivity index (χ3v) is 3.68. The summed E-state index contributed by atoms with van der Waals surface area (Å²) in [6.07, 6.45) is 3.81. The molecule has 0 aliphatic rings. The van der Waals surface area contributed by atoms with Gasteiger partial charge in [0.25, 0.3) is 0 Å². The average molecular weight is 225 g/mol. The Morgan fingerprint density at radius 2 is 2.07 bits per heavy atom. The van der Waals surface area contributed by atoms with Crippen LogP contribution in [0.5, 0.6) is 0 Å². The van der Waals surface area contributed by atoms with Crippen molar-refractivity contribution >= 4 is 22.7 Å². The van der Waals surface area contributed by atoms with Crippen LogP contribution >= 0.6 is 22.7 Å². The molecule has 3 nitrogen and oxygen atoms in total. The topological polar surface area (TPSA) is 37.8 Å². The van der Waals surface area contributed by atoms with Gasteiger partial charge in [-0.3, -0.25) is 9.97 Å². The molecule has 0 saturated carbocycles. The number of thiazole rings is 2. The van der Waals surface area contributed by atoms with Crippen molar-refractivity contribution in [3.05, 3.63) is 33.2 Å². The molecule has 0 spiro atoms. The summed E-state index contributed by atoms with van der Waals surface area (Å²) >= 11 is 3.36. The minimum Gasteiger partial charge on any atom is -0.304 e. The van der Waals surface area contributed by atoms with Gasteiger partial charge in [-0.2, -0.15) is 0 Å². The van der Waals surface area contributed by atoms with E-state index < -0.39 is 0 Å². The smallest absolute Gasteiger partial charge is 0.0794 e. The predicted molar refractivity (Wildman–Crippen MR) is 59.5 cm³/mol. The van der Waals surface area contributed by atoms with Crippen LogP contribution in [0, 0.1) is 0 Å². The molecule has 0 amide bonds. The van der Waals surface area contributed by atoms with Crippen molar-refractivity contribution in [2.45, 2.75) is 19.5 Å². The molecule has 2 heterocycles. The molecule has 2 aromatic rings. The monoisotopic (exact) mass is 225 g/mol. The SMILES string of the molecule is CC(NCc1cncs1)c1cncs1. The molecule has 0 fully saturated rings. The zero-order valence-electron chi connectivity index (χ0n) is 7.80. The Balaban J connectivity index is 1.87. The van der Waals surface area contributed by atoms with Gasteiger partial charge < -0.3 is 5.32 Å². The summed E-state index contributed by atoms with van der Waals surface area (Å²) in [5.41, 5.74) is 3.72. The summed E-state index contributed by atoms with van der Waals surface area (Å²) in [4.78, 5) is 10.6. The normalized spacial score (nSPS) is 12.9. The summed E-state index contributed by atoms with van der Waals surface area (Å²) in [6.45, 7) is 3.03. The Morgan fingerprint density at radius 3 is 2.71 bits per heavy atom. The van der Waals surface area contributed by atoms with E-state index in [1.807, 2.05) is 23.4 Å². The van der Waals surface area contributed by atoms with Gasteiger partial charge in [-0.15, -0.1) is 22.7 Å². The van der Waals surface area contributed by atoms with Crippen molar-refractivity contribution in [3.8, 4) is 0 Å². The highest BCUT2D eigenvalue weighted by atomic mass is 32.1. The first-order valence-electron chi connectivity index (χ1n) is 4.35. The Kier molecular flexibility index (Phi) is 3.23. The zero-order chi connectivity index (χ0) is 9.80. The fourth-order valence-electron chi connectivity index (χ4n) is 1.12. The maximum absolute atomic E-state index is 4.06. The van der Waals surface area contributed by atoms with Gasteiger partial charge in [0.2, 0.25) is 0 Å². The first-order valence-corrected chi connectivity index (χ1v) is 6.11. The molecule has 0 aliphatic heterocycles. The molecule has 14 heavy (non-hydrogen) atoms. The third kappa shape index (κ3) is 2.37. The second kappa shape index (κ2) is 4.63. The van der Waals surface area contributed by atoms with E-state index in [4.69, 9.17) is 0 Å². The number of nitrogens with zero attached hydrogens (tertiary/aromatic N) is 2. The van der Waals surface area contributed by atoms with E-state index >= 15 is 0 Å². The second-order valence-electron chi connectivity index (χ2n) is 2.97. The summed E-state index contributed by atoms with van der Waals surface area (Å²) < 4.78 is 0. The highest BCUT2D eigenvalue weighted by molar-refractivity contribution is 7.09. The van der Waals surface area contributed by atoms with E-state index in [2.05, 4.69) is 22.2 Å². The number of aromatic nitrogens is 2. The number of hydrogen-bond acceptors (Lipinski definition) is 5. The fraction of sp³-hybridized carbons (Fsp3) is 0.333. The van der Waals surface area contributed by atoms with Crippen molar-refractivity contribution in [2.24, 2.45) is 0 Å². The Morgan fingerprint density at radius 1 is 1.29 bits per heavy atom. The van der Waals surface area contributed by atoms with Crippen molar-refractivity contribution in [1.82, 2.24) is 15.3 Å². The third-order valence-electron chi connectivity index (χ3n) is 1.94. The van der Waals surface area contributed by atoms with Gasteiger partial charge in [-0.1, -0.05) is 0 Å². The van der Waals surface area contributed by atoms with E-state index in [0.717, 1.165) is 6.54 Å². The fourth-order valence-corrected chi connectivity index (χ4v) is 2.32. The molecule has 0 radical (unpaired) electrons. The zero-order valence-corrected chi connectivity index (χ0v) is 9.44. The lowest BCUT2D eigenvalue weighted by Gasteiger charge is -2.09. The Hall–Kier alpha value is -0.780. The maximum Gasteiger partial charge on any atom is 0.0794 e. The van der Waals surface area contributed by atoms with E-state index in [0.29, 0.717) is 6.04 Å². The predicted octanol–water partition coefficient (Wildman–Crippen LogP) is 2.45. The molecule has 0 bridgehead atoms. The van der Waals surface area contributed by atoms with E-state index in [1.54, 1.807) is 22.7 Å². The lowest BCUT2D eigenvalue weighted by Crippen LogP contribution is -2.16. The lowest BCUT2D eigenvalue weighted by molar-refractivity contribution is 0.586. The lowest BCUT2D eigenvalue weighted by atomic mass is 10.3. The van der Waals surface area contributed by atoms with Crippen LogP contribution in [-0.2, 0) is 6.54 Å². The average Bonchev–Trinajstić information content (AvgIpc) is 2.87. The van der Waals surface area contributed by atoms with E-state index in [1.165, 1.54) is 9.75 Å². The molecular formula is C9H11N3S2. The van der Waals surface area contributed by atoms with Crippen LogP contribution in [0.4, 0.5) is 0 Å². The second-order valence-corrected chi connectivity index (χ2v) is 4.86.